The number of hydrogen-bond acceptors (Lipinski definition) is 7. The maximum Gasteiger partial charge on any atom is 0.183 e. The van der Waals surface area contributed by atoms with Gasteiger partial charge in [0.05, 0.1) is 25.3 Å². The molecular weight excluding hydrogens is 374 g/mol. The zero-order chi connectivity index (χ0) is 19.8. The maximum absolute atomic E-state index is 5.56. The number of benzene rings is 1. The molecule has 0 bridgehead atoms. The molecule has 1 unspecified atom stereocenters. The van der Waals surface area contributed by atoms with E-state index in [1.54, 1.807) is 25.6 Å². The van der Waals surface area contributed by atoms with E-state index in [0.717, 1.165) is 59.0 Å². The van der Waals surface area contributed by atoms with Gasteiger partial charge in [0.1, 0.15) is 17.2 Å². The summed E-state index contributed by atoms with van der Waals surface area (Å²) >= 11 is 1.70. The monoisotopic (exact) mass is 399 g/mol. The zero-order valence-electron chi connectivity index (χ0n) is 16.9. The van der Waals surface area contributed by atoms with Crippen molar-refractivity contribution in [2.24, 2.45) is 0 Å². The lowest BCUT2D eigenvalue weighted by molar-refractivity contribution is 0.155. The first-order chi connectivity index (χ1) is 13.5. The van der Waals surface area contributed by atoms with Gasteiger partial charge in [-0.1, -0.05) is 6.07 Å². The van der Waals surface area contributed by atoms with Crippen molar-refractivity contribution in [1.82, 2.24) is 24.6 Å². The number of rotatable bonds is 5. The van der Waals surface area contributed by atoms with Gasteiger partial charge in [-0.2, -0.15) is 0 Å². The number of aryl methyl sites for hydroxylation is 2. The van der Waals surface area contributed by atoms with Gasteiger partial charge in [0.15, 0.2) is 11.6 Å². The number of fused-ring (bicyclic) bond motifs is 1. The SMILES string of the molecule is COc1ccc(CN2CCn3c(-c4nc(C)sc4C)nnc3C2C)c(OC)c1. The number of hydrogen-bond donors (Lipinski definition) is 0. The lowest BCUT2D eigenvalue weighted by Crippen LogP contribution is -2.36. The molecule has 148 valence electrons. The molecule has 1 aliphatic rings. The second-order valence-corrected chi connectivity index (χ2v) is 8.40. The molecule has 0 radical (unpaired) electrons. The third-order valence-electron chi connectivity index (χ3n) is 5.29. The minimum absolute atomic E-state index is 0.154. The molecule has 2 aromatic heterocycles. The molecule has 0 fully saturated rings. The molecule has 4 rings (SSSR count). The predicted octanol–water partition coefficient (Wildman–Crippen LogP) is 3.61. The van der Waals surface area contributed by atoms with Crippen LogP contribution in [-0.2, 0) is 13.1 Å². The Morgan fingerprint density at radius 1 is 1.14 bits per heavy atom. The van der Waals surface area contributed by atoms with Gasteiger partial charge in [0.25, 0.3) is 0 Å². The van der Waals surface area contributed by atoms with Crippen LogP contribution in [0.2, 0.25) is 0 Å². The fourth-order valence-electron chi connectivity index (χ4n) is 3.76. The number of ether oxygens (including phenoxy) is 2. The van der Waals surface area contributed by atoms with Gasteiger partial charge >= 0.3 is 0 Å². The highest BCUT2D eigenvalue weighted by Gasteiger charge is 2.30. The molecule has 1 aromatic carbocycles. The van der Waals surface area contributed by atoms with Gasteiger partial charge in [0.2, 0.25) is 0 Å². The molecule has 28 heavy (non-hydrogen) atoms. The van der Waals surface area contributed by atoms with Crippen molar-refractivity contribution in [2.75, 3.05) is 20.8 Å². The van der Waals surface area contributed by atoms with E-state index in [0.29, 0.717) is 0 Å². The first-order valence-electron chi connectivity index (χ1n) is 9.34. The summed E-state index contributed by atoms with van der Waals surface area (Å²) < 4.78 is 13.1. The third-order valence-corrected chi connectivity index (χ3v) is 6.18. The fourth-order valence-corrected chi connectivity index (χ4v) is 4.57. The van der Waals surface area contributed by atoms with Gasteiger partial charge in [-0.05, 0) is 26.8 Å². The van der Waals surface area contributed by atoms with E-state index in [1.165, 1.54) is 4.88 Å². The number of methoxy groups -OCH3 is 2. The van der Waals surface area contributed by atoms with E-state index in [1.807, 2.05) is 19.1 Å². The lowest BCUT2D eigenvalue weighted by atomic mass is 10.1. The molecule has 8 heteroatoms. The van der Waals surface area contributed by atoms with Crippen LogP contribution in [0.15, 0.2) is 18.2 Å². The molecule has 1 aliphatic heterocycles. The number of thiazole rings is 1. The predicted molar refractivity (Wildman–Crippen MR) is 109 cm³/mol. The van der Waals surface area contributed by atoms with Crippen LogP contribution in [0.1, 0.15) is 34.2 Å². The Bertz CT molecular complexity index is 997. The summed E-state index contributed by atoms with van der Waals surface area (Å²) in [6.45, 7) is 8.84. The molecule has 3 aromatic rings. The molecule has 0 saturated heterocycles. The Kier molecular flexibility index (Phi) is 5.07. The van der Waals surface area contributed by atoms with E-state index in [4.69, 9.17) is 9.47 Å². The molecule has 0 N–H and O–H groups in total. The van der Waals surface area contributed by atoms with Crippen LogP contribution in [0, 0.1) is 13.8 Å². The van der Waals surface area contributed by atoms with Crippen LogP contribution in [0.5, 0.6) is 11.5 Å². The van der Waals surface area contributed by atoms with Crippen LogP contribution in [-0.4, -0.2) is 45.4 Å². The molecule has 3 heterocycles. The van der Waals surface area contributed by atoms with Crippen molar-refractivity contribution in [3.63, 3.8) is 0 Å². The fraction of sp³-hybridized carbons (Fsp3) is 0.450. The van der Waals surface area contributed by atoms with E-state index < -0.39 is 0 Å². The average molecular weight is 400 g/mol. The maximum atomic E-state index is 5.56. The highest BCUT2D eigenvalue weighted by Crippen LogP contribution is 2.33. The van der Waals surface area contributed by atoms with Crippen LogP contribution < -0.4 is 9.47 Å². The minimum Gasteiger partial charge on any atom is -0.497 e. The smallest absolute Gasteiger partial charge is 0.183 e. The molecular formula is C20H25N5O2S. The largest absolute Gasteiger partial charge is 0.497 e. The highest BCUT2D eigenvalue weighted by molar-refractivity contribution is 7.11. The van der Waals surface area contributed by atoms with Crippen molar-refractivity contribution in [3.05, 3.63) is 39.5 Å². The third kappa shape index (κ3) is 3.27. The van der Waals surface area contributed by atoms with Gasteiger partial charge in [0, 0.05) is 36.1 Å². The average Bonchev–Trinajstić information content (AvgIpc) is 3.26. The Morgan fingerprint density at radius 2 is 1.96 bits per heavy atom. The van der Waals surface area contributed by atoms with Gasteiger partial charge < -0.3 is 14.0 Å². The van der Waals surface area contributed by atoms with Gasteiger partial charge in [-0.25, -0.2) is 4.98 Å². The van der Waals surface area contributed by atoms with Crippen LogP contribution in [0.3, 0.4) is 0 Å². The van der Waals surface area contributed by atoms with E-state index >= 15 is 0 Å². The normalized spacial score (nSPS) is 16.8. The molecule has 7 nitrogen and oxygen atoms in total. The Morgan fingerprint density at radius 3 is 2.64 bits per heavy atom. The summed E-state index contributed by atoms with van der Waals surface area (Å²) in [5.74, 6) is 3.50. The summed E-state index contributed by atoms with van der Waals surface area (Å²) in [4.78, 5) is 8.25. The lowest BCUT2D eigenvalue weighted by Gasteiger charge is -2.34. The molecule has 0 saturated carbocycles. The van der Waals surface area contributed by atoms with Crippen molar-refractivity contribution in [1.29, 1.82) is 0 Å². The second-order valence-electron chi connectivity index (χ2n) is 7.00. The second kappa shape index (κ2) is 7.52. The van der Waals surface area contributed by atoms with Crippen molar-refractivity contribution >= 4 is 11.3 Å². The quantitative estimate of drug-likeness (QED) is 0.653. The zero-order valence-corrected chi connectivity index (χ0v) is 17.7. The summed E-state index contributed by atoms with van der Waals surface area (Å²) in [7, 11) is 3.36. The standard InChI is InChI=1S/C20H25N5O2S/c1-12-19-22-23-20(18-13(2)28-14(3)21-18)25(19)9-8-24(12)11-15-6-7-16(26-4)10-17(15)27-5/h6-7,10,12H,8-9,11H2,1-5H3. The van der Waals surface area contributed by atoms with Gasteiger partial charge in [-0.15, -0.1) is 21.5 Å². The highest BCUT2D eigenvalue weighted by atomic mass is 32.1. The topological polar surface area (TPSA) is 65.3 Å². The Hall–Kier alpha value is -2.45. The van der Waals surface area contributed by atoms with E-state index in [2.05, 4.69) is 44.6 Å². The van der Waals surface area contributed by atoms with Crippen molar-refractivity contribution < 1.29 is 9.47 Å². The van der Waals surface area contributed by atoms with Gasteiger partial charge in [-0.3, -0.25) is 4.90 Å². The van der Waals surface area contributed by atoms with Crippen molar-refractivity contribution in [3.8, 4) is 23.0 Å². The molecule has 0 aliphatic carbocycles. The summed E-state index contributed by atoms with van der Waals surface area (Å²) in [5, 5.41) is 10.0. The van der Waals surface area contributed by atoms with E-state index in [-0.39, 0.29) is 6.04 Å². The minimum atomic E-state index is 0.154. The summed E-state index contributed by atoms with van der Waals surface area (Å²) in [6.07, 6.45) is 0. The van der Waals surface area contributed by atoms with E-state index in [9.17, 15) is 0 Å². The summed E-state index contributed by atoms with van der Waals surface area (Å²) in [5.41, 5.74) is 2.09. The Labute approximate surface area is 168 Å². The van der Waals surface area contributed by atoms with Crippen molar-refractivity contribution in [2.45, 2.75) is 39.9 Å². The first kappa shape index (κ1) is 18.9. The van der Waals surface area contributed by atoms with Crippen LogP contribution in [0.4, 0.5) is 0 Å². The van der Waals surface area contributed by atoms with Crippen LogP contribution >= 0.6 is 11.3 Å². The molecule has 1 atom stereocenters. The Balaban J connectivity index is 1.60. The number of nitrogens with zero attached hydrogens (tertiary/aromatic N) is 5. The summed E-state index contributed by atoms with van der Waals surface area (Å²) in [6, 6.07) is 6.12. The van der Waals surface area contributed by atoms with Crippen LogP contribution in [0.25, 0.3) is 11.5 Å². The number of aromatic nitrogens is 4. The molecule has 0 spiro atoms. The molecule has 0 amide bonds. The first-order valence-corrected chi connectivity index (χ1v) is 10.2.